The Morgan fingerprint density at radius 2 is 2.07 bits per heavy atom. The van der Waals surface area contributed by atoms with Gasteiger partial charge in [0.25, 0.3) is 11.8 Å². The summed E-state index contributed by atoms with van der Waals surface area (Å²) in [7, 11) is 1.63. The Bertz CT molecular complexity index is 980. The summed E-state index contributed by atoms with van der Waals surface area (Å²) in [6.45, 7) is 3.45. The quantitative estimate of drug-likeness (QED) is 0.608. The molecule has 0 bridgehead atoms. The van der Waals surface area contributed by atoms with Gasteiger partial charge in [-0.2, -0.15) is 4.98 Å². The molecule has 1 aliphatic heterocycles. The topological polar surface area (TPSA) is 90.6 Å². The number of amides is 1. The number of rotatable bonds is 7. The third-order valence-electron chi connectivity index (χ3n) is 4.70. The van der Waals surface area contributed by atoms with Crippen LogP contribution < -0.4 is 4.74 Å². The fourth-order valence-corrected chi connectivity index (χ4v) is 3.04. The summed E-state index contributed by atoms with van der Waals surface area (Å²) in [5.74, 6) is 1.61. The lowest BCUT2D eigenvalue weighted by Crippen LogP contribution is -2.56. The standard InChI is InChI=1S/C21H22N4O4/c1-14-7-8-15(11-22-14)21(26)25-12-16(13-25)28-18-6-4-3-5-17(18)20-23-19(24-29-20)9-10-27-2/h3-8,11,16H,9-10,12-13H2,1-2H3. The second kappa shape index (κ2) is 8.40. The van der Waals surface area contributed by atoms with Crippen LogP contribution in [-0.4, -0.2) is 58.8 Å². The Balaban J connectivity index is 1.39. The van der Waals surface area contributed by atoms with Gasteiger partial charge in [-0.15, -0.1) is 0 Å². The van der Waals surface area contributed by atoms with Crippen LogP contribution in [0.3, 0.4) is 0 Å². The lowest BCUT2D eigenvalue weighted by Gasteiger charge is -2.39. The van der Waals surface area contributed by atoms with Crippen LogP contribution in [-0.2, 0) is 11.2 Å². The fourth-order valence-electron chi connectivity index (χ4n) is 3.04. The molecule has 3 heterocycles. The van der Waals surface area contributed by atoms with E-state index in [4.69, 9.17) is 14.0 Å². The third kappa shape index (κ3) is 4.27. The average Bonchev–Trinajstić information content (AvgIpc) is 3.18. The van der Waals surface area contributed by atoms with Crippen molar-refractivity contribution in [3.8, 4) is 17.2 Å². The number of aromatic nitrogens is 3. The first-order chi connectivity index (χ1) is 14.1. The number of carbonyl (C=O) groups excluding carboxylic acids is 1. The summed E-state index contributed by atoms with van der Waals surface area (Å²) in [4.78, 5) is 22.8. The second-order valence-electron chi connectivity index (χ2n) is 6.89. The minimum Gasteiger partial charge on any atom is -0.486 e. The van der Waals surface area contributed by atoms with E-state index in [2.05, 4.69) is 15.1 Å². The Hall–Kier alpha value is -3.26. The summed E-state index contributed by atoms with van der Waals surface area (Å²) >= 11 is 0. The number of likely N-dealkylation sites (tertiary alicyclic amines) is 1. The lowest BCUT2D eigenvalue weighted by molar-refractivity contribution is 0.0179. The van der Waals surface area contributed by atoms with E-state index in [1.54, 1.807) is 24.3 Å². The van der Waals surface area contributed by atoms with Gasteiger partial charge in [0, 0.05) is 25.4 Å². The molecule has 1 aromatic carbocycles. The Morgan fingerprint density at radius 1 is 1.24 bits per heavy atom. The number of methoxy groups -OCH3 is 1. The number of nitrogens with zero attached hydrogens (tertiary/aromatic N) is 4. The molecule has 4 rings (SSSR count). The van der Waals surface area contributed by atoms with E-state index in [0.717, 1.165) is 11.3 Å². The molecule has 29 heavy (non-hydrogen) atoms. The zero-order valence-corrected chi connectivity index (χ0v) is 16.4. The number of para-hydroxylation sites is 1. The molecule has 1 aliphatic rings. The molecule has 0 aliphatic carbocycles. The van der Waals surface area contributed by atoms with Crippen molar-refractivity contribution in [3.63, 3.8) is 0 Å². The van der Waals surface area contributed by atoms with Crippen molar-refractivity contribution in [1.29, 1.82) is 0 Å². The molecule has 0 unspecified atom stereocenters. The van der Waals surface area contributed by atoms with Crippen LogP contribution in [0.4, 0.5) is 0 Å². The molecular formula is C21H22N4O4. The monoisotopic (exact) mass is 394 g/mol. The van der Waals surface area contributed by atoms with Crippen LogP contribution in [0, 0.1) is 6.92 Å². The Labute approximate surface area is 168 Å². The van der Waals surface area contributed by atoms with Gasteiger partial charge in [0.15, 0.2) is 5.82 Å². The van der Waals surface area contributed by atoms with E-state index < -0.39 is 0 Å². The van der Waals surface area contributed by atoms with Gasteiger partial charge in [-0.1, -0.05) is 17.3 Å². The van der Waals surface area contributed by atoms with Crippen molar-refractivity contribution in [3.05, 3.63) is 59.7 Å². The molecule has 2 aromatic heterocycles. The first-order valence-corrected chi connectivity index (χ1v) is 9.43. The average molecular weight is 394 g/mol. The molecule has 3 aromatic rings. The van der Waals surface area contributed by atoms with Crippen LogP contribution in [0.5, 0.6) is 5.75 Å². The van der Waals surface area contributed by atoms with E-state index >= 15 is 0 Å². The molecule has 1 amide bonds. The number of benzene rings is 1. The number of aryl methyl sites for hydroxylation is 1. The van der Waals surface area contributed by atoms with Gasteiger partial charge in [0.2, 0.25) is 0 Å². The number of hydrogen-bond donors (Lipinski definition) is 0. The van der Waals surface area contributed by atoms with Crippen molar-refractivity contribution in [1.82, 2.24) is 20.0 Å². The maximum atomic E-state index is 12.5. The van der Waals surface area contributed by atoms with E-state index in [-0.39, 0.29) is 12.0 Å². The van der Waals surface area contributed by atoms with Crippen LogP contribution in [0.2, 0.25) is 0 Å². The van der Waals surface area contributed by atoms with E-state index in [9.17, 15) is 4.79 Å². The zero-order valence-electron chi connectivity index (χ0n) is 16.4. The fraction of sp³-hybridized carbons (Fsp3) is 0.333. The molecule has 0 radical (unpaired) electrons. The van der Waals surface area contributed by atoms with Crippen molar-refractivity contribution >= 4 is 5.91 Å². The molecule has 1 fully saturated rings. The molecule has 150 valence electrons. The van der Waals surface area contributed by atoms with Crippen LogP contribution in [0.1, 0.15) is 21.9 Å². The minimum absolute atomic E-state index is 0.0367. The van der Waals surface area contributed by atoms with Gasteiger partial charge in [0.1, 0.15) is 11.9 Å². The SMILES string of the molecule is COCCc1noc(-c2ccccc2OC2CN(C(=O)c3ccc(C)nc3)C2)n1. The number of hydrogen-bond acceptors (Lipinski definition) is 7. The first-order valence-electron chi connectivity index (χ1n) is 9.43. The van der Waals surface area contributed by atoms with E-state index in [0.29, 0.717) is 49.1 Å². The normalized spacial score (nSPS) is 13.9. The van der Waals surface area contributed by atoms with E-state index in [1.807, 2.05) is 37.3 Å². The Morgan fingerprint density at radius 3 is 2.83 bits per heavy atom. The largest absolute Gasteiger partial charge is 0.486 e. The summed E-state index contributed by atoms with van der Waals surface area (Å²) in [6.07, 6.45) is 2.10. The molecule has 1 saturated heterocycles. The van der Waals surface area contributed by atoms with Crippen molar-refractivity contribution in [2.24, 2.45) is 0 Å². The lowest BCUT2D eigenvalue weighted by atomic mass is 10.1. The number of carbonyl (C=O) groups is 1. The molecule has 0 saturated carbocycles. The van der Waals surface area contributed by atoms with Crippen LogP contribution >= 0.6 is 0 Å². The molecule has 0 N–H and O–H groups in total. The Kier molecular flexibility index (Phi) is 5.53. The molecule has 8 nitrogen and oxygen atoms in total. The summed E-state index contributed by atoms with van der Waals surface area (Å²) in [6, 6.07) is 11.2. The predicted molar refractivity (Wildman–Crippen MR) is 105 cm³/mol. The highest BCUT2D eigenvalue weighted by Gasteiger charge is 2.33. The van der Waals surface area contributed by atoms with Gasteiger partial charge in [-0.25, -0.2) is 0 Å². The van der Waals surface area contributed by atoms with Crippen molar-refractivity contribution < 1.29 is 18.8 Å². The van der Waals surface area contributed by atoms with Crippen molar-refractivity contribution in [2.45, 2.75) is 19.4 Å². The van der Waals surface area contributed by atoms with Gasteiger partial charge < -0.3 is 18.9 Å². The summed E-state index contributed by atoms with van der Waals surface area (Å²) in [5.41, 5.74) is 2.20. The number of ether oxygens (including phenoxy) is 2. The number of pyridine rings is 1. The first kappa shape index (κ1) is 19.1. The van der Waals surface area contributed by atoms with Crippen molar-refractivity contribution in [2.75, 3.05) is 26.8 Å². The molecule has 0 spiro atoms. The van der Waals surface area contributed by atoms with E-state index in [1.165, 1.54) is 0 Å². The summed E-state index contributed by atoms with van der Waals surface area (Å²) in [5, 5.41) is 3.98. The third-order valence-corrected chi connectivity index (χ3v) is 4.70. The van der Waals surface area contributed by atoms with Crippen LogP contribution in [0.15, 0.2) is 47.1 Å². The van der Waals surface area contributed by atoms with Gasteiger partial charge in [-0.3, -0.25) is 9.78 Å². The maximum absolute atomic E-state index is 12.5. The minimum atomic E-state index is -0.0885. The molecule has 8 heteroatoms. The molecular weight excluding hydrogens is 372 g/mol. The smallest absolute Gasteiger partial charge is 0.261 e. The van der Waals surface area contributed by atoms with Crippen LogP contribution in [0.25, 0.3) is 11.5 Å². The molecule has 0 atom stereocenters. The maximum Gasteiger partial charge on any atom is 0.261 e. The highest BCUT2D eigenvalue weighted by molar-refractivity contribution is 5.94. The highest BCUT2D eigenvalue weighted by atomic mass is 16.5. The second-order valence-corrected chi connectivity index (χ2v) is 6.89. The van der Waals surface area contributed by atoms with Gasteiger partial charge >= 0.3 is 0 Å². The zero-order chi connectivity index (χ0) is 20.2. The highest BCUT2D eigenvalue weighted by Crippen LogP contribution is 2.31. The van der Waals surface area contributed by atoms with Gasteiger partial charge in [0.05, 0.1) is 30.8 Å². The van der Waals surface area contributed by atoms with Gasteiger partial charge in [-0.05, 0) is 31.2 Å². The summed E-state index contributed by atoms with van der Waals surface area (Å²) < 4.78 is 16.5. The predicted octanol–water partition coefficient (Wildman–Crippen LogP) is 2.53.